The molecule has 0 aromatic heterocycles. The Kier molecular flexibility index (Phi) is 9.32. The number of nitrogens with zero attached hydrogens (tertiary/aromatic N) is 1. The van der Waals surface area contributed by atoms with Crippen LogP contribution in [0.4, 0.5) is 0 Å². The minimum atomic E-state index is -3.63. The number of carboxylic acid groups (broad SMARTS) is 1. The van der Waals surface area contributed by atoms with E-state index in [0.29, 0.717) is 34.0 Å². The zero-order valence-electron chi connectivity index (χ0n) is 21.4. The van der Waals surface area contributed by atoms with Gasteiger partial charge in [0.25, 0.3) is 5.91 Å². The Balaban J connectivity index is 2.24. The molecule has 4 atom stereocenters. The molecule has 37 heavy (non-hydrogen) atoms. The normalized spacial score (nSPS) is 21.6. The zero-order chi connectivity index (χ0) is 27.5. The van der Waals surface area contributed by atoms with Crippen molar-refractivity contribution in [3.8, 4) is 0 Å². The Bertz CT molecular complexity index is 1230. The van der Waals surface area contributed by atoms with Crippen molar-refractivity contribution in [2.24, 2.45) is 0 Å². The van der Waals surface area contributed by atoms with Crippen LogP contribution < -0.4 is 0 Å². The molecule has 0 bridgehead atoms. The van der Waals surface area contributed by atoms with Crippen LogP contribution in [0, 0.1) is 0 Å². The lowest BCUT2D eigenvalue weighted by Crippen LogP contribution is -2.57. The maximum atomic E-state index is 13.9. The van der Waals surface area contributed by atoms with Crippen LogP contribution in [0.3, 0.4) is 0 Å². The minimum Gasteiger partial charge on any atom is -0.481 e. The Morgan fingerprint density at radius 3 is 2.27 bits per heavy atom. The van der Waals surface area contributed by atoms with Crippen LogP contribution in [0.25, 0.3) is 0 Å². The maximum absolute atomic E-state index is 13.9. The van der Waals surface area contributed by atoms with Crippen molar-refractivity contribution < 1.29 is 27.9 Å². The molecule has 10 heteroatoms. The van der Waals surface area contributed by atoms with E-state index in [4.69, 9.17) is 27.9 Å². The van der Waals surface area contributed by atoms with Gasteiger partial charge in [-0.15, -0.1) is 0 Å². The summed E-state index contributed by atoms with van der Waals surface area (Å²) in [5, 5.41) is 10.5. The molecule has 0 spiro atoms. The van der Waals surface area contributed by atoms with E-state index in [1.807, 2.05) is 6.92 Å². The Hall–Kier alpha value is -2.13. The first-order chi connectivity index (χ1) is 17.2. The summed E-state index contributed by atoms with van der Waals surface area (Å²) in [7, 11) is -3.63. The van der Waals surface area contributed by atoms with Gasteiger partial charge in [-0.2, -0.15) is 0 Å². The molecule has 1 aliphatic heterocycles. The van der Waals surface area contributed by atoms with Gasteiger partial charge in [-0.3, -0.25) is 9.59 Å². The van der Waals surface area contributed by atoms with Crippen molar-refractivity contribution in [2.45, 2.75) is 76.0 Å². The zero-order valence-corrected chi connectivity index (χ0v) is 23.7. The van der Waals surface area contributed by atoms with Crippen molar-refractivity contribution in [2.75, 3.05) is 5.75 Å². The Morgan fingerprint density at radius 2 is 1.73 bits per heavy atom. The van der Waals surface area contributed by atoms with Gasteiger partial charge < -0.3 is 14.7 Å². The summed E-state index contributed by atoms with van der Waals surface area (Å²) in [6, 6.07) is 12.5. The first kappa shape index (κ1) is 29.4. The predicted octanol–water partition coefficient (Wildman–Crippen LogP) is 5.86. The van der Waals surface area contributed by atoms with Crippen LogP contribution in [0.5, 0.6) is 0 Å². The van der Waals surface area contributed by atoms with Gasteiger partial charge in [-0.1, -0.05) is 60.8 Å². The Morgan fingerprint density at radius 1 is 1.08 bits per heavy atom. The molecule has 1 heterocycles. The van der Waals surface area contributed by atoms with Crippen LogP contribution in [-0.2, 0) is 24.2 Å². The fraction of sp³-hybridized carbons (Fsp3) is 0.481. The number of carboxylic acids is 1. The number of aliphatic carboxylic acids is 1. The van der Waals surface area contributed by atoms with Crippen molar-refractivity contribution in [1.82, 2.24) is 4.90 Å². The number of rotatable bonds is 9. The fourth-order valence-corrected chi connectivity index (χ4v) is 6.20. The van der Waals surface area contributed by atoms with Gasteiger partial charge in [0.1, 0.15) is 12.2 Å². The number of morpholine rings is 1. The summed E-state index contributed by atoms with van der Waals surface area (Å²) in [6.45, 7) is 6.81. The van der Waals surface area contributed by atoms with Crippen molar-refractivity contribution in [1.29, 1.82) is 0 Å². The van der Waals surface area contributed by atoms with E-state index in [0.717, 1.165) is 0 Å². The van der Waals surface area contributed by atoms with Crippen LogP contribution in [0.15, 0.2) is 48.5 Å². The van der Waals surface area contributed by atoms with Crippen LogP contribution in [0.2, 0.25) is 10.0 Å². The standard InChI is InChI=1S/C27H33Cl2NO6S/c1-5-7-21(16-37(34,35)27(2,3)4)30-24(17-10-12-19(28)13-11-17)25(18-8-6-9-20(29)14-18)36-22(26(30)33)15-23(31)32/h6,8-14,21-22,24-25H,5,7,15-16H2,1-4H3,(H,31,32)/t21-,22+,24?,25+/m0/s1. The second kappa shape index (κ2) is 11.7. The highest BCUT2D eigenvalue weighted by Gasteiger charge is 2.48. The minimum absolute atomic E-state index is 0.262. The molecule has 202 valence electrons. The van der Waals surface area contributed by atoms with Crippen molar-refractivity contribution in [3.05, 3.63) is 69.7 Å². The molecular formula is C27H33Cl2NO6S. The van der Waals surface area contributed by atoms with Crippen LogP contribution in [-0.4, -0.2) is 52.9 Å². The van der Waals surface area contributed by atoms with Gasteiger partial charge in [-0.25, -0.2) is 8.42 Å². The molecule has 1 aliphatic rings. The van der Waals surface area contributed by atoms with Crippen LogP contribution in [0.1, 0.15) is 70.2 Å². The molecule has 7 nitrogen and oxygen atoms in total. The molecule has 0 aliphatic carbocycles. The first-order valence-electron chi connectivity index (χ1n) is 12.2. The maximum Gasteiger partial charge on any atom is 0.306 e. The quantitative estimate of drug-likeness (QED) is 0.405. The SMILES string of the molecule is CCC[C@@H](CS(=O)(=O)C(C)(C)C)N1C(=O)[C@@H](CC(=O)O)O[C@H](c2cccc(Cl)c2)C1c1ccc(Cl)cc1. The first-order valence-corrected chi connectivity index (χ1v) is 14.6. The van der Waals surface area contributed by atoms with E-state index in [1.54, 1.807) is 74.2 Å². The summed E-state index contributed by atoms with van der Waals surface area (Å²) in [5.74, 6) is -2.01. The average molecular weight is 571 g/mol. The topological polar surface area (TPSA) is 101 Å². The van der Waals surface area contributed by atoms with E-state index in [2.05, 4.69) is 0 Å². The molecule has 1 N–H and O–H groups in total. The molecule has 1 saturated heterocycles. The molecule has 0 radical (unpaired) electrons. The number of amides is 1. The number of halogens is 2. The van der Waals surface area contributed by atoms with Gasteiger partial charge >= 0.3 is 5.97 Å². The van der Waals surface area contributed by atoms with Crippen LogP contribution >= 0.6 is 23.2 Å². The van der Waals surface area contributed by atoms with Gasteiger partial charge in [0, 0.05) is 16.1 Å². The third-order valence-electron chi connectivity index (χ3n) is 6.54. The third kappa shape index (κ3) is 6.85. The second-order valence-corrected chi connectivity index (χ2v) is 13.9. The van der Waals surface area contributed by atoms with Gasteiger partial charge in [-0.05, 0) is 62.6 Å². The van der Waals surface area contributed by atoms with E-state index < -0.39 is 57.2 Å². The number of carbonyl (C=O) groups is 2. The number of ether oxygens (including phenoxy) is 1. The largest absolute Gasteiger partial charge is 0.481 e. The monoisotopic (exact) mass is 569 g/mol. The highest BCUT2D eigenvalue weighted by Crippen LogP contribution is 2.45. The molecule has 1 amide bonds. The summed E-state index contributed by atoms with van der Waals surface area (Å²) >= 11 is 12.4. The Labute approximate surface area is 228 Å². The van der Waals surface area contributed by atoms with Crippen molar-refractivity contribution in [3.63, 3.8) is 0 Å². The highest BCUT2D eigenvalue weighted by atomic mass is 35.5. The number of hydrogen-bond donors (Lipinski definition) is 1. The van der Waals surface area contributed by atoms with E-state index in [9.17, 15) is 23.1 Å². The summed E-state index contributed by atoms with van der Waals surface area (Å²) in [5.41, 5.74) is 1.33. The molecular weight excluding hydrogens is 537 g/mol. The predicted molar refractivity (Wildman–Crippen MR) is 145 cm³/mol. The average Bonchev–Trinajstić information content (AvgIpc) is 2.79. The van der Waals surface area contributed by atoms with Gasteiger partial charge in [0.05, 0.1) is 23.0 Å². The molecule has 3 rings (SSSR count). The van der Waals surface area contributed by atoms with E-state index in [1.165, 1.54) is 0 Å². The van der Waals surface area contributed by atoms with E-state index >= 15 is 0 Å². The lowest BCUT2D eigenvalue weighted by Gasteiger charge is -2.48. The number of benzene rings is 2. The van der Waals surface area contributed by atoms with Crippen molar-refractivity contribution >= 4 is 44.9 Å². The van der Waals surface area contributed by atoms with Gasteiger partial charge in [0.2, 0.25) is 0 Å². The smallest absolute Gasteiger partial charge is 0.306 e. The summed E-state index contributed by atoms with van der Waals surface area (Å²) in [6.07, 6.45) is -1.61. The second-order valence-electron chi connectivity index (χ2n) is 10.3. The molecule has 2 aromatic carbocycles. The summed E-state index contributed by atoms with van der Waals surface area (Å²) < 4.78 is 31.8. The number of sulfone groups is 1. The number of hydrogen-bond acceptors (Lipinski definition) is 5. The van der Waals surface area contributed by atoms with E-state index in [-0.39, 0.29) is 5.75 Å². The van der Waals surface area contributed by atoms with Gasteiger partial charge in [0.15, 0.2) is 9.84 Å². The summed E-state index contributed by atoms with van der Waals surface area (Å²) in [4.78, 5) is 27.1. The fourth-order valence-electron chi connectivity index (χ4n) is 4.54. The lowest BCUT2D eigenvalue weighted by atomic mass is 9.89. The molecule has 1 fully saturated rings. The third-order valence-corrected chi connectivity index (χ3v) is 9.71. The molecule has 0 saturated carbocycles. The lowest BCUT2D eigenvalue weighted by molar-refractivity contribution is -0.182. The highest BCUT2D eigenvalue weighted by molar-refractivity contribution is 7.92. The molecule has 1 unspecified atom stereocenters. The number of carbonyl (C=O) groups excluding carboxylic acids is 1. The molecule has 2 aromatic rings.